The van der Waals surface area contributed by atoms with Crippen molar-refractivity contribution in [1.82, 2.24) is 0 Å². The Balaban J connectivity index is 1.84. The van der Waals surface area contributed by atoms with E-state index in [1.54, 1.807) is 28.4 Å². The molecule has 6 heteroatoms. The van der Waals surface area contributed by atoms with Gasteiger partial charge in [-0.2, -0.15) is 0 Å². The third-order valence-electron chi connectivity index (χ3n) is 3.37. The van der Waals surface area contributed by atoms with Gasteiger partial charge >= 0.3 is 0 Å². The predicted octanol–water partition coefficient (Wildman–Crippen LogP) is 3.26. The van der Waals surface area contributed by atoms with Crippen LogP contribution in [0.3, 0.4) is 0 Å². The smallest absolute Gasteiger partial charge is 0.271 e. The molecule has 0 aliphatic carbocycles. The molecule has 3 rings (SSSR count). The summed E-state index contributed by atoms with van der Waals surface area (Å²) in [6.45, 7) is 0.560. The Labute approximate surface area is 125 Å². The number of hydrogen-bond donors (Lipinski definition) is 0. The molecule has 5 nitrogen and oxygen atoms in total. The van der Waals surface area contributed by atoms with Crippen molar-refractivity contribution in [3.63, 3.8) is 0 Å². The van der Waals surface area contributed by atoms with Crippen LogP contribution in [0.1, 0.15) is 10.4 Å². The van der Waals surface area contributed by atoms with Crippen LogP contribution in [0.15, 0.2) is 41.8 Å². The number of benzene rings is 1. The minimum Gasteiger partial charge on any atom is -0.308 e. The molecule has 0 radical (unpaired) electrons. The van der Waals surface area contributed by atoms with Gasteiger partial charge in [0.05, 0.1) is 10.6 Å². The zero-order valence-corrected chi connectivity index (χ0v) is 11.9. The Hall–Kier alpha value is -2.47. The number of carbonyl (C=O) groups is 1. The van der Waals surface area contributed by atoms with E-state index in [1.807, 2.05) is 17.5 Å². The number of thiophene rings is 1. The van der Waals surface area contributed by atoms with E-state index in [9.17, 15) is 14.9 Å². The number of fused-ring (bicyclic) bond motifs is 1. The number of nitro groups is 1. The predicted molar refractivity (Wildman–Crippen MR) is 82.5 cm³/mol. The molecule has 1 aliphatic rings. The van der Waals surface area contributed by atoms with E-state index < -0.39 is 4.92 Å². The number of hydrogen-bond acceptors (Lipinski definition) is 4. The third kappa shape index (κ3) is 2.71. The van der Waals surface area contributed by atoms with Crippen LogP contribution in [-0.4, -0.2) is 17.4 Å². The molecule has 0 spiro atoms. The first-order valence-electron chi connectivity index (χ1n) is 6.45. The van der Waals surface area contributed by atoms with Crippen molar-refractivity contribution >= 4 is 34.7 Å². The van der Waals surface area contributed by atoms with Gasteiger partial charge in [-0.1, -0.05) is 12.1 Å². The molecular weight excluding hydrogens is 288 g/mol. The maximum Gasteiger partial charge on any atom is 0.271 e. The van der Waals surface area contributed by atoms with Crippen LogP contribution < -0.4 is 4.90 Å². The fourth-order valence-electron chi connectivity index (χ4n) is 2.34. The zero-order chi connectivity index (χ0) is 14.8. The fraction of sp³-hybridized carbons (Fsp3) is 0.133. The summed E-state index contributed by atoms with van der Waals surface area (Å²) in [6, 6.07) is 8.53. The highest BCUT2D eigenvalue weighted by molar-refractivity contribution is 7.10. The number of non-ortho nitro benzene ring substituents is 1. The molecular formula is C15H12N2O3S. The zero-order valence-electron chi connectivity index (χ0n) is 11.1. The Morgan fingerprint density at radius 1 is 1.38 bits per heavy atom. The van der Waals surface area contributed by atoms with E-state index in [0.717, 1.165) is 16.9 Å². The van der Waals surface area contributed by atoms with Crippen LogP contribution in [0.2, 0.25) is 0 Å². The molecule has 0 saturated carbocycles. The Morgan fingerprint density at radius 2 is 2.24 bits per heavy atom. The molecule has 2 heterocycles. The molecule has 0 unspecified atom stereocenters. The highest BCUT2D eigenvalue weighted by atomic mass is 32.1. The van der Waals surface area contributed by atoms with Crippen LogP contribution in [0.4, 0.5) is 11.4 Å². The van der Waals surface area contributed by atoms with Crippen LogP contribution in [0, 0.1) is 10.1 Å². The monoisotopic (exact) mass is 300 g/mol. The summed E-state index contributed by atoms with van der Waals surface area (Å²) in [6.07, 6.45) is 4.01. The van der Waals surface area contributed by atoms with Gasteiger partial charge in [-0.05, 0) is 29.5 Å². The topological polar surface area (TPSA) is 63.5 Å². The molecule has 0 saturated heterocycles. The van der Waals surface area contributed by atoms with Crippen molar-refractivity contribution in [2.24, 2.45) is 0 Å². The molecule has 0 bridgehead atoms. The van der Waals surface area contributed by atoms with Crippen LogP contribution in [-0.2, 0) is 11.2 Å². The first kappa shape index (κ1) is 13.5. The first-order valence-corrected chi connectivity index (χ1v) is 7.33. The van der Waals surface area contributed by atoms with Crippen LogP contribution >= 0.6 is 11.3 Å². The average molecular weight is 300 g/mol. The van der Waals surface area contributed by atoms with Gasteiger partial charge in [-0.15, -0.1) is 11.3 Å². The molecule has 106 valence electrons. The third-order valence-corrected chi connectivity index (χ3v) is 4.21. The molecule has 0 atom stereocenters. The quantitative estimate of drug-likeness (QED) is 0.496. The number of nitro benzene ring substituents is 1. The van der Waals surface area contributed by atoms with Gasteiger partial charge in [0.2, 0.25) is 0 Å². The summed E-state index contributed by atoms with van der Waals surface area (Å²) < 4.78 is 0. The van der Waals surface area contributed by atoms with Gasteiger partial charge in [0.15, 0.2) is 0 Å². The van der Waals surface area contributed by atoms with E-state index in [1.165, 1.54) is 18.2 Å². The van der Waals surface area contributed by atoms with E-state index in [2.05, 4.69) is 0 Å². The highest BCUT2D eigenvalue weighted by Crippen LogP contribution is 2.31. The normalized spacial score (nSPS) is 13.6. The summed E-state index contributed by atoms with van der Waals surface area (Å²) in [4.78, 5) is 25.3. The lowest BCUT2D eigenvalue weighted by molar-refractivity contribution is -0.384. The molecule has 1 aliphatic heterocycles. The molecule has 1 aromatic heterocycles. The maximum absolute atomic E-state index is 12.3. The lowest BCUT2D eigenvalue weighted by Gasteiger charge is -2.14. The van der Waals surface area contributed by atoms with Gasteiger partial charge in [0.1, 0.15) is 0 Å². The summed E-state index contributed by atoms with van der Waals surface area (Å²) >= 11 is 1.55. The fourth-order valence-corrected chi connectivity index (χ4v) is 2.96. The summed E-state index contributed by atoms with van der Waals surface area (Å²) in [5.74, 6) is -0.150. The van der Waals surface area contributed by atoms with Crippen molar-refractivity contribution < 1.29 is 9.72 Å². The summed E-state index contributed by atoms with van der Waals surface area (Å²) in [7, 11) is 0. The second-order valence-electron chi connectivity index (χ2n) is 4.66. The van der Waals surface area contributed by atoms with Gasteiger partial charge in [0, 0.05) is 29.6 Å². The standard InChI is InChI=1S/C15H12N2O3S/c18-15(6-5-13-2-1-9-21-13)16-8-7-11-3-4-12(17(19)20)10-14(11)16/h1-6,9-10H,7-8H2/b6-5+. The van der Waals surface area contributed by atoms with E-state index >= 15 is 0 Å². The number of carbonyl (C=O) groups excluding carboxylic acids is 1. The molecule has 0 fully saturated rings. The second kappa shape index (κ2) is 5.49. The summed E-state index contributed by atoms with van der Waals surface area (Å²) in [5, 5.41) is 12.8. The molecule has 1 amide bonds. The van der Waals surface area contributed by atoms with E-state index in [4.69, 9.17) is 0 Å². The van der Waals surface area contributed by atoms with E-state index in [-0.39, 0.29) is 11.6 Å². The van der Waals surface area contributed by atoms with Gasteiger partial charge in [0.25, 0.3) is 11.6 Å². The van der Waals surface area contributed by atoms with Gasteiger partial charge in [-0.3, -0.25) is 14.9 Å². The lowest BCUT2D eigenvalue weighted by atomic mass is 10.1. The minimum atomic E-state index is -0.442. The van der Waals surface area contributed by atoms with Crippen molar-refractivity contribution in [2.75, 3.05) is 11.4 Å². The maximum atomic E-state index is 12.3. The Kier molecular flexibility index (Phi) is 3.53. The number of rotatable bonds is 3. The Morgan fingerprint density at radius 3 is 2.95 bits per heavy atom. The van der Waals surface area contributed by atoms with Crippen molar-refractivity contribution in [2.45, 2.75) is 6.42 Å². The van der Waals surface area contributed by atoms with Gasteiger partial charge in [-0.25, -0.2) is 0 Å². The van der Waals surface area contributed by atoms with Crippen LogP contribution in [0.25, 0.3) is 6.08 Å². The number of nitrogens with zero attached hydrogens (tertiary/aromatic N) is 2. The van der Waals surface area contributed by atoms with Crippen LogP contribution in [0.5, 0.6) is 0 Å². The number of amides is 1. The Bertz CT molecular complexity index is 723. The molecule has 1 aromatic carbocycles. The van der Waals surface area contributed by atoms with Crippen molar-refractivity contribution in [3.8, 4) is 0 Å². The van der Waals surface area contributed by atoms with E-state index in [0.29, 0.717) is 12.2 Å². The SMILES string of the molecule is O=C(/C=C/c1cccs1)N1CCc2ccc([N+](=O)[O-])cc21. The lowest BCUT2D eigenvalue weighted by Crippen LogP contribution is -2.26. The van der Waals surface area contributed by atoms with Gasteiger partial charge < -0.3 is 4.90 Å². The van der Waals surface area contributed by atoms with Crippen molar-refractivity contribution in [3.05, 3.63) is 62.3 Å². The second-order valence-corrected chi connectivity index (χ2v) is 5.64. The van der Waals surface area contributed by atoms with Crippen molar-refractivity contribution in [1.29, 1.82) is 0 Å². The summed E-state index contributed by atoms with van der Waals surface area (Å²) in [5.41, 5.74) is 1.62. The minimum absolute atomic E-state index is 0.00989. The first-order chi connectivity index (χ1) is 10.1. The molecule has 21 heavy (non-hydrogen) atoms. The largest absolute Gasteiger partial charge is 0.308 e. The molecule has 2 aromatic rings. The highest BCUT2D eigenvalue weighted by Gasteiger charge is 2.25. The average Bonchev–Trinajstić information content (AvgIpc) is 3.13. The number of anilines is 1. The molecule has 0 N–H and O–H groups in total.